The van der Waals surface area contributed by atoms with E-state index in [0.717, 1.165) is 12.5 Å². The first kappa shape index (κ1) is 9.72. The maximum Gasteiger partial charge on any atom is 0.0208 e. The lowest BCUT2D eigenvalue weighted by Gasteiger charge is -2.21. The Morgan fingerprint density at radius 3 is 2.86 bits per heavy atom. The van der Waals surface area contributed by atoms with Gasteiger partial charge >= 0.3 is 0 Å². The van der Waals surface area contributed by atoms with E-state index < -0.39 is 0 Å². The summed E-state index contributed by atoms with van der Waals surface area (Å²) in [5.74, 6) is 0.864. The molecule has 0 aromatic heterocycles. The summed E-state index contributed by atoms with van der Waals surface area (Å²) in [7, 11) is 0. The maximum absolute atomic E-state index is 3.54. The molecule has 1 aromatic carbocycles. The van der Waals surface area contributed by atoms with Crippen LogP contribution in [0.3, 0.4) is 0 Å². The Kier molecular flexibility index (Phi) is 3.20. The van der Waals surface area contributed by atoms with Gasteiger partial charge in [0.2, 0.25) is 0 Å². The summed E-state index contributed by atoms with van der Waals surface area (Å²) in [6, 6.07) is 8.81. The van der Waals surface area contributed by atoms with E-state index in [1.54, 1.807) is 0 Å². The second kappa shape index (κ2) is 4.61. The van der Waals surface area contributed by atoms with Crippen LogP contribution in [0.2, 0.25) is 0 Å². The van der Waals surface area contributed by atoms with Crippen LogP contribution >= 0.6 is 0 Å². The number of hydrogen-bond donors (Lipinski definition) is 1. The van der Waals surface area contributed by atoms with Crippen LogP contribution in [0.5, 0.6) is 0 Å². The summed E-state index contributed by atoms with van der Waals surface area (Å²) < 4.78 is 0. The predicted molar refractivity (Wildman–Crippen MR) is 60.3 cm³/mol. The number of fused-ring (bicyclic) bond motifs is 1. The predicted octanol–water partition coefficient (Wildman–Crippen LogP) is 2.75. The molecule has 0 saturated carbocycles. The van der Waals surface area contributed by atoms with Gasteiger partial charge in [-0.05, 0) is 36.4 Å². The molecule has 0 spiro atoms. The Balaban J connectivity index is 2.13. The van der Waals surface area contributed by atoms with Gasteiger partial charge in [-0.3, -0.25) is 0 Å². The van der Waals surface area contributed by atoms with Gasteiger partial charge < -0.3 is 5.32 Å². The fourth-order valence-electron chi connectivity index (χ4n) is 2.19. The third kappa shape index (κ3) is 2.16. The van der Waals surface area contributed by atoms with Crippen molar-refractivity contribution in [3.05, 3.63) is 35.4 Å². The SMILES string of the molecule is CCC1CCc2ccccc2CNC1. The molecule has 1 aliphatic heterocycles. The van der Waals surface area contributed by atoms with Gasteiger partial charge in [-0.15, -0.1) is 0 Å². The topological polar surface area (TPSA) is 12.0 Å². The van der Waals surface area contributed by atoms with E-state index in [1.807, 2.05) is 0 Å². The highest BCUT2D eigenvalue weighted by atomic mass is 14.9. The zero-order valence-corrected chi connectivity index (χ0v) is 8.92. The lowest BCUT2D eigenvalue weighted by atomic mass is 9.93. The monoisotopic (exact) mass is 189 g/mol. The van der Waals surface area contributed by atoms with E-state index in [1.165, 1.54) is 36.9 Å². The van der Waals surface area contributed by atoms with E-state index >= 15 is 0 Å². The molecule has 0 bridgehead atoms. The Morgan fingerprint density at radius 2 is 2.07 bits per heavy atom. The number of hydrogen-bond acceptors (Lipinski definition) is 1. The molecule has 0 amide bonds. The molecule has 1 unspecified atom stereocenters. The minimum atomic E-state index is 0.864. The standard InChI is InChI=1S/C13H19N/c1-2-11-7-8-12-5-3-4-6-13(12)10-14-9-11/h3-6,11,14H,2,7-10H2,1H3. The molecule has 0 aliphatic carbocycles. The van der Waals surface area contributed by atoms with Crippen LogP contribution in [0.15, 0.2) is 24.3 Å². The van der Waals surface area contributed by atoms with Crippen LogP contribution in [0.25, 0.3) is 0 Å². The molecular weight excluding hydrogens is 170 g/mol. The molecule has 76 valence electrons. The summed E-state index contributed by atoms with van der Waals surface area (Å²) >= 11 is 0. The van der Waals surface area contributed by atoms with Crippen LogP contribution < -0.4 is 5.32 Å². The first-order valence-corrected chi connectivity index (χ1v) is 5.67. The van der Waals surface area contributed by atoms with Crippen LogP contribution in [-0.2, 0) is 13.0 Å². The molecule has 1 aromatic rings. The highest BCUT2D eigenvalue weighted by Gasteiger charge is 2.11. The summed E-state index contributed by atoms with van der Waals surface area (Å²) in [6.07, 6.45) is 3.89. The summed E-state index contributed by atoms with van der Waals surface area (Å²) in [5.41, 5.74) is 3.03. The molecule has 1 N–H and O–H groups in total. The molecule has 1 aliphatic rings. The van der Waals surface area contributed by atoms with Crippen molar-refractivity contribution in [2.45, 2.75) is 32.7 Å². The van der Waals surface area contributed by atoms with Crippen LogP contribution in [0.1, 0.15) is 30.9 Å². The molecule has 0 fully saturated rings. The van der Waals surface area contributed by atoms with Gasteiger partial charge in [-0.25, -0.2) is 0 Å². The molecule has 0 saturated heterocycles. The largest absolute Gasteiger partial charge is 0.312 e. The molecular formula is C13H19N. The van der Waals surface area contributed by atoms with Gasteiger partial charge in [-0.2, -0.15) is 0 Å². The van der Waals surface area contributed by atoms with Crippen molar-refractivity contribution in [3.63, 3.8) is 0 Å². The van der Waals surface area contributed by atoms with Gasteiger partial charge in [0.05, 0.1) is 0 Å². The molecule has 0 radical (unpaired) electrons. The normalized spacial score (nSPS) is 22.2. The molecule has 2 rings (SSSR count). The van der Waals surface area contributed by atoms with Crippen molar-refractivity contribution in [2.75, 3.05) is 6.54 Å². The van der Waals surface area contributed by atoms with Crippen molar-refractivity contribution in [3.8, 4) is 0 Å². The molecule has 1 nitrogen and oxygen atoms in total. The highest BCUT2D eigenvalue weighted by molar-refractivity contribution is 5.27. The van der Waals surface area contributed by atoms with Crippen molar-refractivity contribution >= 4 is 0 Å². The molecule has 1 heterocycles. The average Bonchev–Trinajstić information content (AvgIpc) is 2.19. The van der Waals surface area contributed by atoms with Crippen molar-refractivity contribution in [1.29, 1.82) is 0 Å². The summed E-state index contributed by atoms with van der Waals surface area (Å²) in [5, 5.41) is 3.54. The lowest BCUT2D eigenvalue weighted by molar-refractivity contribution is 0.422. The van der Waals surface area contributed by atoms with Gasteiger partial charge in [0.25, 0.3) is 0 Å². The molecule has 1 heteroatoms. The second-order valence-electron chi connectivity index (χ2n) is 4.21. The van der Waals surface area contributed by atoms with Crippen molar-refractivity contribution in [1.82, 2.24) is 5.32 Å². The number of rotatable bonds is 1. The smallest absolute Gasteiger partial charge is 0.0208 e. The van der Waals surface area contributed by atoms with E-state index in [4.69, 9.17) is 0 Å². The lowest BCUT2D eigenvalue weighted by Crippen LogP contribution is -2.25. The van der Waals surface area contributed by atoms with Crippen LogP contribution in [-0.4, -0.2) is 6.54 Å². The third-order valence-corrected chi connectivity index (χ3v) is 3.27. The van der Waals surface area contributed by atoms with Crippen LogP contribution in [0.4, 0.5) is 0 Å². The number of benzene rings is 1. The Hall–Kier alpha value is -0.820. The fraction of sp³-hybridized carbons (Fsp3) is 0.538. The minimum absolute atomic E-state index is 0.864. The second-order valence-corrected chi connectivity index (χ2v) is 4.21. The van der Waals surface area contributed by atoms with Gasteiger partial charge in [0.1, 0.15) is 0 Å². The Bertz CT molecular complexity index is 293. The first-order valence-electron chi connectivity index (χ1n) is 5.67. The third-order valence-electron chi connectivity index (χ3n) is 3.27. The van der Waals surface area contributed by atoms with Gasteiger partial charge in [0.15, 0.2) is 0 Å². The molecule has 14 heavy (non-hydrogen) atoms. The zero-order valence-electron chi connectivity index (χ0n) is 8.92. The Morgan fingerprint density at radius 1 is 1.29 bits per heavy atom. The summed E-state index contributed by atoms with van der Waals surface area (Å²) in [6.45, 7) is 4.53. The van der Waals surface area contributed by atoms with Gasteiger partial charge in [-0.1, -0.05) is 37.6 Å². The van der Waals surface area contributed by atoms with E-state index in [9.17, 15) is 0 Å². The van der Waals surface area contributed by atoms with Crippen molar-refractivity contribution in [2.24, 2.45) is 5.92 Å². The Labute approximate surface area is 86.5 Å². The molecule has 1 atom stereocenters. The number of aryl methyl sites for hydroxylation is 1. The average molecular weight is 189 g/mol. The first-order chi connectivity index (χ1) is 6.90. The zero-order chi connectivity index (χ0) is 9.80. The van der Waals surface area contributed by atoms with E-state index in [2.05, 4.69) is 36.5 Å². The number of nitrogens with one attached hydrogen (secondary N) is 1. The van der Waals surface area contributed by atoms with Gasteiger partial charge in [0, 0.05) is 6.54 Å². The van der Waals surface area contributed by atoms with E-state index in [0.29, 0.717) is 0 Å². The van der Waals surface area contributed by atoms with E-state index in [-0.39, 0.29) is 0 Å². The van der Waals surface area contributed by atoms with Crippen molar-refractivity contribution < 1.29 is 0 Å². The summed E-state index contributed by atoms with van der Waals surface area (Å²) in [4.78, 5) is 0. The minimum Gasteiger partial charge on any atom is -0.312 e. The highest BCUT2D eigenvalue weighted by Crippen LogP contribution is 2.18. The fourth-order valence-corrected chi connectivity index (χ4v) is 2.19. The maximum atomic E-state index is 3.54. The van der Waals surface area contributed by atoms with Crippen LogP contribution in [0, 0.1) is 5.92 Å². The quantitative estimate of drug-likeness (QED) is 0.716.